The van der Waals surface area contributed by atoms with E-state index in [9.17, 15) is 4.39 Å². The summed E-state index contributed by atoms with van der Waals surface area (Å²) in [5, 5.41) is 0. The second-order valence-corrected chi connectivity index (χ2v) is 4.25. The molecule has 0 fully saturated rings. The molecule has 0 spiro atoms. The predicted molar refractivity (Wildman–Crippen MR) is 43.8 cm³/mol. The largest absolute Gasteiger partial charge is 0.250 e. The van der Waals surface area contributed by atoms with Crippen molar-refractivity contribution in [1.29, 1.82) is 0 Å². The van der Waals surface area contributed by atoms with Gasteiger partial charge in [0.05, 0.1) is 6.67 Å². The molecule has 0 atom stereocenters. The van der Waals surface area contributed by atoms with Crippen LogP contribution >= 0.6 is 0 Å². The first-order valence-electron chi connectivity index (χ1n) is 3.93. The Morgan fingerprint density at radius 2 is 1.40 bits per heavy atom. The molecule has 0 unspecified atom stereocenters. The second kappa shape index (κ2) is 2.89. The van der Waals surface area contributed by atoms with Crippen LogP contribution in [0.2, 0.25) is 0 Å². The minimum Gasteiger partial charge on any atom is -0.250 e. The Bertz CT molecular complexity index is 89.3. The lowest BCUT2D eigenvalue weighted by atomic mass is 9.67. The molecule has 0 amide bonds. The van der Waals surface area contributed by atoms with Crippen molar-refractivity contribution in [2.45, 2.75) is 41.0 Å². The normalized spacial score (nSPS) is 13.8. The van der Waals surface area contributed by atoms with E-state index in [1.165, 1.54) is 0 Å². The highest BCUT2D eigenvalue weighted by atomic mass is 19.1. The standard InChI is InChI=1S/C9H19F/c1-6-8(2,3)9(4,5)7-10/h6-7H2,1-5H3. The van der Waals surface area contributed by atoms with Crippen LogP contribution in [0.15, 0.2) is 0 Å². The Morgan fingerprint density at radius 1 is 1.00 bits per heavy atom. The summed E-state index contributed by atoms with van der Waals surface area (Å²) in [5.74, 6) is 0. The topological polar surface area (TPSA) is 0 Å². The van der Waals surface area contributed by atoms with Crippen molar-refractivity contribution in [2.24, 2.45) is 10.8 Å². The average Bonchev–Trinajstić information content (AvgIpc) is 1.88. The van der Waals surface area contributed by atoms with Crippen LogP contribution < -0.4 is 0 Å². The third kappa shape index (κ3) is 1.71. The average molecular weight is 146 g/mol. The molecule has 62 valence electrons. The molecule has 0 rings (SSSR count). The van der Waals surface area contributed by atoms with Gasteiger partial charge in [0.15, 0.2) is 0 Å². The fourth-order valence-electron chi connectivity index (χ4n) is 0.659. The van der Waals surface area contributed by atoms with Crippen LogP contribution in [0.4, 0.5) is 4.39 Å². The molecule has 0 bridgehead atoms. The molecule has 0 heterocycles. The van der Waals surface area contributed by atoms with E-state index in [0.29, 0.717) is 0 Å². The Hall–Kier alpha value is -0.0700. The van der Waals surface area contributed by atoms with Crippen molar-refractivity contribution >= 4 is 0 Å². The van der Waals surface area contributed by atoms with E-state index in [-0.39, 0.29) is 17.5 Å². The number of rotatable bonds is 3. The summed E-state index contributed by atoms with van der Waals surface area (Å²) in [5.41, 5.74) is -0.0660. The van der Waals surface area contributed by atoms with E-state index in [2.05, 4.69) is 20.8 Å². The molecule has 1 heteroatoms. The molecule has 0 aliphatic rings. The zero-order chi connectivity index (χ0) is 8.41. The quantitative estimate of drug-likeness (QED) is 0.572. The van der Waals surface area contributed by atoms with E-state index in [1.54, 1.807) is 0 Å². The third-order valence-corrected chi connectivity index (χ3v) is 3.05. The van der Waals surface area contributed by atoms with Crippen LogP contribution in [0.3, 0.4) is 0 Å². The molecule has 0 aliphatic carbocycles. The van der Waals surface area contributed by atoms with Gasteiger partial charge in [0.1, 0.15) is 0 Å². The van der Waals surface area contributed by atoms with Gasteiger partial charge in [-0.2, -0.15) is 0 Å². The van der Waals surface area contributed by atoms with E-state index in [0.717, 1.165) is 6.42 Å². The molecule has 0 aromatic carbocycles. The summed E-state index contributed by atoms with van der Waals surface area (Å²) in [4.78, 5) is 0. The Labute approximate surface area is 63.8 Å². The van der Waals surface area contributed by atoms with Crippen LogP contribution in [0.25, 0.3) is 0 Å². The van der Waals surface area contributed by atoms with Crippen LogP contribution in [-0.4, -0.2) is 6.67 Å². The minimum absolute atomic E-state index is 0.113. The lowest BCUT2D eigenvalue weighted by Crippen LogP contribution is -2.33. The fraction of sp³-hybridized carbons (Fsp3) is 1.00. The van der Waals surface area contributed by atoms with Crippen molar-refractivity contribution in [2.75, 3.05) is 6.67 Å². The van der Waals surface area contributed by atoms with E-state index in [1.807, 2.05) is 13.8 Å². The van der Waals surface area contributed by atoms with Gasteiger partial charge in [-0.25, -0.2) is 0 Å². The van der Waals surface area contributed by atoms with E-state index in [4.69, 9.17) is 0 Å². The van der Waals surface area contributed by atoms with Gasteiger partial charge in [-0.15, -0.1) is 0 Å². The molecule has 0 saturated carbocycles. The van der Waals surface area contributed by atoms with Gasteiger partial charge >= 0.3 is 0 Å². The monoisotopic (exact) mass is 146 g/mol. The Morgan fingerprint density at radius 3 is 1.50 bits per heavy atom. The van der Waals surface area contributed by atoms with Crippen molar-refractivity contribution in [1.82, 2.24) is 0 Å². The van der Waals surface area contributed by atoms with Crippen LogP contribution in [0.5, 0.6) is 0 Å². The maximum atomic E-state index is 12.5. The number of halogens is 1. The summed E-state index contributed by atoms with van der Waals surface area (Å²) in [6.07, 6.45) is 1.03. The van der Waals surface area contributed by atoms with Gasteiger partial charge in [-0.05, 0) is 10.8 Å². The minimum atomic E-state index is -0.228. The SMILES string of the molecule is CCC(C)(C)C(C)(C)CF. The molecule has 0 N–H and O–H groups in total. The molecular formula is C9H19F. The highest BCUT2D eigenvalue weighted by molar-refractivity contribution is 4.84. The highest BCUT2D eigenvalue weighted by Crippen LogP contribution is 2.41. The van der Waals surface area contributed by atoms with Crippen LogP contribution in [0, 0.1) is 10.8 Å². The summed E-state index contributed by atoms with van der Waals surface area (Å²) in [6.45, 7) is 10.1. The van der Waals surface area contributed by atoms with Crippen LogP contribution in [0.1, 0.15) is 41.0 Å². The smallest absolute Gasteiger partial charge is 0.0950 e. The Kier molecular flexibility index (Phi) is 2.87. The second-order valence-electron chi connectivity index (χ2n) is 4.25. The van der Waals surface area contributed by atoms with Gasteiger partial charge in [-0.1, -0.05) is 41.0 Å². The maximum Gasteiger partial charge on any atom is 0.0950 e. The zero-order valence-corrected chi connectivity index (χ0v) is 7.79. The van der Waals surface area contributed by atoms with Gasteiger partial charge in [0, 0.05) is 0 Å². The van der Waals surface area contributed by atoms with Gasteiger partial charge < -0.3 is 0 Å². The molecule has 0 aromatic rings. The number of hydrogen-bond donors (Lipinski definition) is 0. The molecule has 10 heavy (non-hydrogen) atoms. The molecule has 0 nitrogen and oxygen atoms in total. The van der Waals surface area contributed by atoms with Gasteiger partial charge in [0.2, 0.25) is 0 Å². The van der Waals surface area contributed by atoms with Crippen molar-refractivity contribution in [3.05, 3.63) is 0 Å². The first-order chi connectivity index (χ1) is 4.37. The molecule has 0 aromatic heterocycles. The number of alkyl halides is 1. The van der Waals surface area contributed by atoms with Gasteiger partial charge in [0.25, 0.3) is 0 Å². The van der Waals surface area contributed by atoms with Crippen molar-refractivity contribution in [3.63, 3.8) is 0 Å². The summed E-state index contributed by atoms with van der Waals surface area (Å²) in [7, 11) is 0. The number of hydrogen-bond acceptors (Lipinski definition) is 0. The predicted octanol–water partition coefficient (Wildman–Crippen LogP) is 3.42. The molecule has 0 aliphatic heterocycles. The van der Waals surface area contributed by atoms with Crippen molar-refractivity contribution in [3.8, 4) is 0 Å². The molecule has 0 radical (unpaired) electrons. The molecular weight excluding hydrogens is 127 g/mol. The van der Waals surface area contributed by atoms with Crippen LogP contribution in [-0.2, 0) is 0 Å². The zero-order valence-electron chi connectivity index (χ0n) is 7.79. The summed E-state index contributed by atoms with van der Waals surface area (Å²) in [6, 6.07) is 0. The lowest BCUT2D eigenvalue weighted by Gasteiger charge is -2.38. The highest BCUT2D eigenvalue weighted by Gasteiger charge is 2.35. The lowest BCUT2D eigenvalue weighted by molar-refractivity contribution is 0.0724. The first kappa shape index (κ1) is 9.93. The summed E-state index contributed by atoms with van der Waals surface area (Å²) < 4.78 is 12.5. The maximum absolute atomic E-state index is 12.5. The van der Waals surface area contributed by atoms with Crippen molar-refractivity contribution < 1.29 is 4.39 Å². The summed E-state index contributed by atoms with van der Waals surface area (Å²) >= 11 is 0. The van der Waals surface area contributed by atoms with Gasteiger partial charge in [-0.3, -0.25) is 4.39 Å². The fourth-order valence-corrected chi connectivity index (χ4v) is 0.659. The Balaban J connectivity index is 4.28. The molecule has 0 saturated heterocycles. The van der Waals surface area contributed by atoms with E-state index >= 15 is 0 Å². The first-order valence-corrected chi connectivity index (χ1v) is 3.93. The third-order valence-electron chi connectivity index (χ3n) is 3.05. The van der Waals surface area contributed by atoms with E-state index < -0.39 is 0 Å².